The Hall–Kier alpha value is -5.23. The molecule has 0 amide bonds. The van der Waals surface area contributed by atoms with Crippen molar-refractivity contribution >= 4 is 17.9 Å². The van der Waals surface area contributed by atoms with Gasteiger partial charge in [-0.15, -0.1) is 0 Å². The van der Waals surface area contributed by atoms with Crippen LogP contribution in [0.4, 0.5) is 0 Å². The van der Waals surface area contributed by atoms with Crippen LogP contribution in [0.2, 0.25) is 0 Å². The number of hydrogen-bond donors (Lipinski definition) is 0. The molecular formula is C77H122O6. The highest BCUT2D eigenvalue weighted by Crippen LogP contribution is 2.14. The van der Waals surface area contributed by atoms with Gasteiger partial charge in [0.05, 0.1) is 0 Å². The lowest BCUT2D eigenvalue weighted by Gasteiger charge is -2.18. The van der Waals surface area contributed by atoms with Gasteiger partial charge >= 0.3 is 17.9 Å². The van der Waals surface area contributed by atoms with Crippen LogP contribution in [0.25, 0.3) is 0 Å². The first kappa shape index (κ1) is 77.8. The average molecular weight is 1140 g/mol. The lowest BCUT2D eigenvalue weighted by Crippen LogP contribution is -2.30. The molecule has 0 aromatic carbocycles. The molecule has 1 atom stereocenters. The van der Waals surface area contributed by atoms with Crippen LogP contribution in [0.1, 0.15) is 278 Å². The molecule has 0 aromatic rings. The Morgan fingerprint density at radius 2 is 0.482 bits per heavy atom. The van der Waals surface area contributed by atoms with E-state index in [0.29, 0.717) is 12.8 Å². The van der Waals surface area contributed by atoms with Gasteiger partial charge in [-0.3, -0.25) is 14.4 Å². The fourth-order valence-electron chi connectivity index (χ4n) is 8.72. The number of esters is 3. The number of carbonyl (C=O) groups is 3. The molecule has 0 saturated heterocycles. The minimum atomic E-state index is -0.826. The Labute approximate surface area is 511 Å². The third-order valence-corrected chi connectivity index (χ3v) is 13.7. The second-order valence-corrected chi connectivity index (χ2v) is 21.6. The van der Waals surface area contributed by atoms with Crippen molar-refractivity contribution in [1.82, 2.24) is 0 Å². The van der Waals surface area contributed by atoms with Gasteiger partial charge in [-0.2, -0.15) is 0 Å². The Balaban J connectivity index is 4.57. The summed E-state index contributed by atoms with van der Waals surface area (Å²) in [5.74, 6) is -1.00. The Morgan fingerprint density at radius 1 is 0.253 bits per heavy atom. The highest BCUT2D eigenvalue weighted by molar-refractivity contribution is 5.71. The van der Waals surface area contributed by atoms with Crippen molar-refractivity contribution in [2.75, 3.05) is 13.2 Å². The first-order valence-corrected chi connectivity index (χ1v) is 33.6. The number of ether oxygens (including phenoxy) is 3. The van der Waals surface area contributed by atoms with Crippen LogP contribution in [0, 0.1) is 0 Å². The number of hydrogen-bond acceptors (Lipinski definition) is 6. The van der Waals surface area contributed by atoms with Gasteiger partial charge in [-0.05, 0) is 148 Å². The zero-order valence-electron chi connectivity index (χ0n) is 53.4. The van der Waals surface area contributed by atoms with E-state index < -0.39 is 6.10 Å². The average Bonchev–Trinajstić information content (AvgIpc) is 3.49. The molecule has 0 heterocycles. The molecule has 0 aliphatic heterocycles. The maximum absolute atomic E-state index is 12.9. The van der Waals surface area contributed by atoms with Crippen LogP contribution in [0.3, 0.4) is 0 Å². The van der Waals surface area contributed by atoms with Crippen LogP contribution < -0.4 is 0 Å². The molecule has 1 unspecified atom stereocenters. The standard InChI is InChI=1S/C77H122O6/c1-4-7-10-13-16-19-22-25-28-31-34-37-38-41-43-46-49-52-55-58-61-64-67-70-76(79)82-73-74(83-77(80)71-68-65-62-59-56-53-50-47-44-40-36-33-30-27-24-21-18-15-12-9-6-3)72-81-75(78)69-66-63-60-57-54-51-48-45-42-39-35-32-29-26-23-20-17-14-11-8-5-2/h7,9-10,12,16,18-19,21,23,25-28,30,32,34-37,40-41,43,47,49-50,52,58,61,74H,4-6,8,11,13-15,17,20,22,24,29,31,33,38-39,42,44-46,48,51,53-57,59-60,62-73H2,1-3H3/b10-7-,12-9-,19-16-,21-18-,26-23-,28-25-,30-27-,35-32-,37-34-,40-36-,43-41-,50-47-,52-49-,61-58-. The number of allylic oxidation sites excluding steroid dienone is 28. The summed E-state index contributed by atoms with van der Waals surface area (Å²) in [5, 5.41) is 0. The van der Waals surface area contributed by atoms with Crippen LogP contribution >= 0.6 is 0 Å². The topological polar surface area (TPSA) is 78.9 Å². The smallest absolute Gasteiger partial charge is 0.306 e. The Morgan fingerprint density at radius 3 is 0.783 bits per heavy atom. The van der Waals surface area contributed by atoms with Crippen molar-refractivity contribution in [3.63, 3.8) is 0 Å². The highest BCUT2D eigenvalue weighted by atomic mass is 16.6. The predicted octanol–water partition coefficient (Wildman–Crippen LogP) is 23.4. The molecule has 0 aliphatic rings. The fraction of sp³-hybridized carbons (Fsp3) is 0.597. The van der Waals surface area contributed by atoms with Crippen molar-refractivity contribution < 1.29 is 28.6 Å². The Bertz CT molecular complexity index is 1890. The number of unbranched alkanes of at least 4 members (excludes halogenated alkanes) is 20. The van der Waals surface area contributed by atoms with Crippen LogP contribution in [0.15, 0.2) is 170 Å². The highest BCUT2D eigenvalue weighted by Gasteiger charge is 2.19. The largest absolute Gasteiger partial charge is 0.462 e. The molecule has 0 fully saturated rings. The van der Waals surface area contributed by atoms with Gasteiger partial charge in [-0.25, -0.2) is 0 Å². The summed E-state index contributed by atoms with van der Waals surface area (Å²) in [5.41, 5.74) is 0. The normalized spacial score (nSPS) is 13.2. The molecule has 6 nitrogen and oxygen atoms in total. The molecule has 0 rings (SSSR count). The third kappa shape index (κ3) is 67.4. The quantitative estimate of drug-likeness (QED) is 0.0261. The van der Waals surface area contributed by atoms with E-state index in [-0.39, 0.29) is 44.0 Å². The van der Waals surface area contributed by atoms with Crippen LogP contribution in [-0.2, 0) is 28.6 Å². The molecule has 6 heteroatoms. The van der Waals surface area contributed by atoms with Crippen molar-refractivity contribution in [1.29, 1.82) is 0 Å². The van der Waals surface area contributed by atoms with E-state index in [4.69, 9.17) is 14.2 Å². The molecule has 0 aromatic heterocycles. The third-order valence-electron chi connectivity index (χ3n) is 13.7. The van der Waals surface area contributed by atoms with Gasteiger partial charge < -0.3 is 14.2 Å². The minimum absolute atomic E-state index is 0.114. The molecule has 83 heavy (non-hydrogen) atoms. The molecule has 0 bridgehead atoms. The second-order valence-electron chi connectivity index (χ2n) is 21.6. The molecule has 0 N–H and O–H groups in total. The van der Waals surface area contributed by atoms with Gasteiger partial charge in [-0.1, -0.05) is 281 Å². The van der Waals surface area contributed by atoms with Crippen LogP contribution in [0.5, 0.6) is 0 Å². The van der Waals surface area contributed by atoms with Crippen LogP contribution in [-0.4, -0.2) is 37.2 Å². The predicted molar refractivity (Wildman–Crippen MR) is 361 cm³/mol. The maximum atomic E-state index is 12.9. The van der Waals surface area contributed by atoms with E-state index in [1.807, 2.05) is 0 Å². The summed E-state index contributed by atoms with van der Waals surface area (Å²) in [4.78, 5) is 38.4. The number of rotatable bonds is 59. The zero-order valence-corrected chi connectivity index (χ0v) is 53.4. The van der Waals surface area contributed by atoms with Gasteiger partial charge in [0, 0.05) is 19.3 Å². The summed E-state index contributed by atoms with van der Waals surface area (Å²) >= 11 is 0. The fourth-order valence-corrected chi connectivity index (χ4v) is 8.72. The van der Waals surface area contributed by atoms with Crippen molar-refractivity contribution in [3.8, 4) is 0 Å². The van der Waals surface area contributed by atoms with E-state index >= 15 is 0 Å². The van der Waals surface area contributed by atoms with Crippen molar-refractivity contribution in [2.45, 2.75) is 284 Å². The van der Waals surface area contributed by atoms with Gasteiger partial charge in [0.25, 0.3) is 0 Å². The zero-order chi connectivity index (χ0) is 59.9. The van der Waals surface area contributed by atoms with Gasteiger partial charge in [0.1, 0.15) is 13.2 Å². The van der Waals surface area contributed by atoms with Crippen molar-refractivity contribution in [3.05, 3.63) is 170 Å². The molecule has 0 saturated carbocycles. The molecule has 0 aliphatic carbocycles. The monoisotopic (exact) mass is 1140 g/mol. The lowest BCUT2D eigenvalue weighted by atomic mass is 10.1. The van der Waals surface area contributed by atoms with E-state index in [1.165, 1.54) is 83.5 Å². The number of carbonyl (C=O) groups excluding carboxylic acids is 3. The summed E-state index contributed by atoms with van der Waals surface area (Å²) in [6.45, 7) is 6.34. The first-order chi connectivity index (χ1) is 41.0. The Kier molecular flexibility index (Phi) is 64.9. The summed E-state index contributed by atoms with van der Waals surface area (Å²) in [6.07, 6.45) is 102. The maximum Gasteiger partial charge on any atom is 0.306 e. The lowest BCUT2D eigenvalue weighted by molar-refractivity contribution is -0.167. The SMILES string of the molecule is CC/C=C\C/C=C\C/C=C\C/C=C\C/C=C\C/C=C\C/C=C\CCCC(=O)OCC(COC(=O)CCCCCCCCCCC/C=C\C/C=C\CCCCCCC)OC(=O)CCCCCCC/C=C\C/C=C\C/C=C\C/C=C\C/C=C\CC. The summed E-state index contributed by atoms with van der Waals surface area (Å²) < 4.78 is 16.9. The van der Waals surface area contributed by atoms with E-state index in [9.17, 15) is 14.4 Å². The van der Waals surface area contributed by atoms with Gasteiger partial charge in [0.2, 0.25) is 0 Å². The van der Waals surface area contributed by atoms with E-state index in [1.54, 1.807) is 0 Å². The van der Waals surface area contributed by atoms with E-state index in [0.717, 1.165) is 148 Å². The minimum Gasteiger partial charge on any atom is -0.462 e. The first-order valence-electron chi connectivity index (χ1n) is 33.6. The van der Waals surface area contributed by atoms with Gasteiger partial charge in [0.15, 0.2) is 6.10 Å². The summed E-state index contributed by atoms with van der Waals surface area (Å²) in [6, 6.07) is 0. The molecule has 466 valence electrons. The summed E-state index contributed by atoms with van der Waals surface area (Å²) in [7, 11) is 0. The van der Waals surface area contributed by atoms with Crippen molar-refractivity contribution in [2.24, 2.45) is 0 Å². The molecule has 0 radical (unpaired) electrons. The molecule has 0 spiro atoms. The molecular weight excluding hydrogens is 1020 g/mol. The van der Waals surface area contributed by atoms with E-state index in [2.05, 4.69) is 191 Å². The second kappa shape index (κ2) is 69.3.